The van der Waals surface area contributed by atoms with E-state index >= 15 is 0 Å². The molecule has 1 amide bonds. The molecule has 0 radical (unpaired) electrons. The molecular formula is C12H11N3O2S. The summed E-state index contributed by atoms with van der Waals surface area (Å²) in [6, 6.07) is 7.06. The van der Waals surface area contributed by atoms with Gasteiger partial charge in [-0.1, -0.05) is 17.3 Å². The van der Waals surface area contributed by atoms with Gasteiger partial charge in [-0.25, -0.2) is 0 Å². The number of carbonyl (C=O) groups is 1. The molecule has 0 fully saturated rings. The van der Waals surface area contributed by atoms with Gasteiger partial charge in [0.1, 0.15) is 4.88 Å². The predicted octanol–water partition coefficient (Wildman–Crippen LogP) is 2.59. The Morgan fingerprint density at radius 2 is 2.11 bits per heavy atom. The molecule has 0 aliphatic rings. The quantitative estimate of drug-likeness (QED) is 0.506. The third-order valence-corrected chi connectivity index (χ3v) is 3.14. The van der Waals surface area contributed by atoms with Crippen molar-refractivity contribution >= 4 is 28.6 Å². The Balaban J connectivity index is 2.09. The minimum atomic E-state index is -0.183. The summed E-state index contributed by atoms with van der Waals surface area (Å²) >= 11 is 1.29. The molecule has 0 spiro atoms. The van der Waals surface area contributed by atoms with Crippen LogP contribution in [0.4, 0.5) is 5.69 Å². The zero-order chi connectivity index (χ0) is 13.0. The van der Waals surface area contributed by atoms with Gasteiger partial charge < -0.3 is 10.5 Å². The Hall–Kier alpha value is -2.21. The lowest BCUT2D eigenvalue weighted by Crippen LogP contribution is -2.10. The van der Waals surface area contributed by atoms with E-state index in [9.17, 15) is 4.79 Å². The smallest absolute Gasteiger partial charge is 0.267 e. The maximum absolute atomic E-state index is 11.7. The fourth-order valence-electron chi connectivity index (χ4n) is 1.37. The highest BCUT2D eigenvalue weighted by Gasteiger charge is 2.07. The molecule has 1 heterocycles. The summed E-state index contributed by atoms with van der Waals surface area (Å²) in [7, 11) is 0. The molecule has 2 rings (SSSR count). The molecule has 6 heteroatoms. The van der Waals surface area contributed by atoms with Gasteiger partial charge in [-0.15, -0.1) is 11.3 Å². The lowest BCUT2D eigenvalue weighted by atomic mass is 10.1. The maximum atomic E-state index is 11.7. The number of rotatable bonds is 3. The normalized spacial score (nSPS) is 11.3. The van der Waals surface area contributed by atoms with Gasteiger partial charge in [0.15, 0.2) is 0 Å². The number of aromatic nitrogens is 1. The van der Waals surface area contributed by atoms with Gasteiger partial charge in [0.05, 0.1) is 17.4 Å². The van der Waals surface area contributed by atoms with Crippen molar-refractivity contribution in [1.29, 1.82) is 0 Å². The van der Waals surface area contributed by atoms with E-state index in [1.54, 1.807) is 36.7 Å². The first-order chi connectivity index (χ1) is 8.70. The molecule has 0 unspecified atom stereocenters. The van der Waals surface area contributed by atoms with Gasteiger partial charge in [0, 0.05) is 5.69 Å². The van der Waals surface area contributed by atoms with Crippen molar-refractivity contribution in [3.63, 3.8) is 0 Å². The van der Waals surface area contributed by atoms with Crippen LogP contribution < -0.4 is 5.32 Å². The van der Waals surface area contributed by atoms with Crippen LogP contribution in [-0.2, 0) is 0 Å². The van der Waals surface area contributed by atoms with Gasteiger partial charge >= 0.3 is 0 Å². The summed E-state index contributed by atoms with van der Waals surface area (Å²) in [5, 5.41) is 14.5. The van der Waals surface area contributed by atoms with Crippen LogP contribution in [0.15, 0.2) is 41.1 Å². The van der Waals surface area contributed by atoms with Crippen molar-refractivity contribution in [1.82, 2.24) is 4.98 Å². The lowest BCUT2D eigenvalue weighted by Gasteiger charge is -2.04. The van der Waals surface area contributed by atoms with Crippen LogP contribution in [0.5, 0.6) is 0 Å². The van der Waals surface area contributed by atoms with Crippen LogP contribution in [0.2, 0.25) is 0 Å². The first kappa shape index (κ1) is 12.3. The topological polar surface area (TPSA) is 74.6 Å². The second kappa shape index (κ2) is 5.42. The Kier molecular flexibility index (Phi) is 3.69. The number of carbonyl (C=O) groups excluding carboxylic acids is 1. The van der Waals surface area contributed by atoms with Crippen LogP contribution in [0.3, 0.4) is 0 Å². The monoisotopic (exact) mass is 261 g/mol. The van der Waals surface area contributed by atoms with E-state index in [0.29, 0.717) is 16.3 Å². The van der Waals surface area contributed by atoms with Crippen molar-refractivity contribution in [3.8, 4) is 0 Å². The SMILES string of the molecule is C/C(=N/O)c1ccc(NC(=O)c2cncs2)cc1. The molecule has 0 saturated heterocycles. The van der Waals surface area contributed by atoms with E-state index in [2.05, 4.69) is 15.5 Å². The Morgan fingerprint density at radius 3 is 2.67 bits per heavy atom. The van der Waals surface area contributed by atoms with E-state index in [-0.39, 0.29) is 5.91 Å². The standard InChI is InChI=1S/C12H11N3O2S/c1-8(15-17)9-2-4-10(5-3-9)14-12(16)11-6-13-7-18-11/h2-7,17H,1H3,(H,14,16)/b15-8-. The van der Waals surface area contributed by atoms with Crippen molar-refractivity contribution in [2.24, 2.45) is 5.16 Å². The van der Waals surface area contributed by atoms with E-state index in [4.69, 9.17) is 5.21 Å². The van der Waals surface area contributed by atoms with Crippen LogP contribution >= 0.6 is 11.3 Å². The molecule has 2 aromatic rings. The fourth-order valence-corrected chi connectivity index (χ4v) is 1.89. The van der Waals surface area contributed by atoms with E-state index in [1.165, 1.54) is 17.5 Å². The molecule has 0 atom stereocenters. The number of anilines is 1. The number of nitrogens with one attached hydrogen (secondary N) is 1. The lowest BCUT2D eigenvalue weighted by molar-refractivity contribution is 0.103. The molecule has 1 aromatic carbocycles. The summed E-state index contributed by atoms with van der Waals surface area (Å²) < 4.78 is 0. The number of hydrogen-bond acceptors (Lipinski definition) is 5. The van der Waals surface area contributed by atoms with Gasteiger partial charge in [-0.2, -0.15) is 0 Å². The van der Waals surface area contributed by atoms with E-state index in [0.717, 1.165) is 5.56 Å². The molecular weight excluding hydrogens is 250 g/mol. The predicted molar refractivity (Wildman–Crippen MR) is 70.5 cm³/mol. The minimum absolute atomic E-state index is 0.183. The number of nitrogens with zero attached hydrogens (tertiary/aromatic N) is 2. The van der Waals surface area contributed by atoms with Gasteiger partial charge in [-0.3, -0.25) is 9.78 Å². The second-order valence-electron chi connectivity index (χ2n) is 3.58. The summed E-state index contributed by atoms with van der Waals surface area (Å²) in [6.07, 6.45) is 1.52. The van der Waals surface area contributed by atoms with Crippen molar-refractivity contribution < 1.29 is 10.0 Å². The molecule has 0 aliphatic carbocycles. The third kappa shape index (κ3) is 2.72. The summed E-state index contributed by atoms with van der Waals surface area (Å²) in [6.45, 7) is 1.70. The van der Waals surface area contributed by atoms with Gasteiger partial charge in [0.25, 0.3) is 5.91 Å². The molecule has 0 saturated carbocycles. The van der Waals surface area contributed by atoms with Crippen LogP contribution in [0, 0.1) is 0 Å². The summed E-state index contributed by atoms with van der Waals surface area (Å²) in [5.74, 6) is -0.183. The Bertz CT molecular complexity index is 562. The van der Waals surface area contributed by atoms with Gasteiger partial charge in [-0.05, 0) is 24.6 Å². The zero-order valence-corrected chi connectivity index (χ0v) is 10.4. The second-order valence-corrected chi connectivity index (χ2v) is 4.47. The van der Waals surface area contributed by atoms with E-state index < -0.39 is 0 Å². The van der Waals surface area contributed by atoms with Crippen molar-refractivity contribution in [2.75, 3.05) is 5.32 Å². The number of benzene rings is 1. The molecule has 92 valence electrons. The molecule has 18 heavy (non-hydrogen) atoms. The fraction of sp³-hybridized carbons (Fsp3) is 0.0833. The highest BCUT2D eigenvalue weighted by molar-refractivity contribution is 7.11. The number of thiazole rings is 1. The summed E-state index contributed by atoms with van der Waals surface area (Å²) in [4.78, 5) is 16.2. The largest absolute Gasteiger partial charge is 0.411 e. The molecule has 0 bridgehead atoms. The first-order valence-electron chi connectivity index (χ1n) is 5.19. The molecule has 0 aliphatic heterocycles. The Morgan fingerprint density at radius 1 is 1.39 bits per heavy atom. The van der Waals surface area contributed by atoms with E-state index in [1.807, 2.05) is 0 Å². The van der Waals surface area contributed by atoms with Crippen molar-refractivity contribution in [3.05, 3.63) is 46.4 Å². The maximum Gasteiger partial charge on any atom is 0.267 e. The van der Waals surface area contributed by atoms with Crippen LogP contribution in [-0.4, -0.2) is 21.8 Å². The minimum Gasteiger partial charge on any atom is -0.411 e. The average Bonchev–Trinajstić information content (AvgIpc) is 2.92. The third-order valence-electron chi connectivity index (χ3n) is 2.37. The molecule has 5 nitrogen and oxygen atoms in total. The van der Waals surface area contributed by atoms with Gasteiger partial charge in [0.2, 0.25) is 0 Å². The molecule has 1 aromatic heterocycles. The molecule has 2 N–H and O–H groups in total. The summed E-state index contributed by atoms with van der Waals surface area (Å²) in [5.41, 5.74) is 3.62. The Labute approximate surface area is 108 Å². The van der Waals surface area contributed by atoms with Crippen LogP contribution in [0.25, 0.3) is 0 Å². The first-order valence-corrected chi connectivity index (χ1v) is 6.07. The highest BCUT2D eigenvalue weighted by Crippen LogP contribution is 2.13. The highest BCUT2D eigenvalue weighted by atomic mass is 32.1. The average molecular weight is 261 g/mol. The number of hydrogen-bond donors (Lipinski definition) is 2. The van der Waals surface area contributed by atoms with Crippen LogP contribution in [0.1, 0.15) is 22.2 Å². The number of amides is 1. The van der Waals surface area contributed by atoms with Crippen molar-refractivity contribution in [2.45, 2.75) is 6.92 Å². The number of oxime groups is 1. The zero-order valence-electron chi connectivity index (χ0n) is 9.62.